The fourth-order valence-electron chi connectivity index (χ4n) is 5.23. The van der Waals surface area contributed by atoms with Crippen LogP contribution in [0.5, 0.6) is 5.75 Å². The van der Waals surface area contributed by atoms with E-state index in [1.165, 1.54) is 29.2 Å². The van der Waals surface area contributed by atoms with Crippen LogP contribution in [0.2, 0.25) is 0 Å². The topological polar surface area (TPSA) is 59.5 Å². The maximum Gasteiger partial charge on any atom is 0.573 e. The van der Waals surface area contributed by atoms with Crippen molar-refractivity contribution >= 4 is 17.5 Å². The summed E-state index contributed by atoms with van der Waals surface area (Å²) in [6, 6.07) is 14.4. The number of amides is 2. The summed E-state index contributed by atoms with van der Waals surface area (Å²) in [5, 5.41) is 0. The van der Waals surface area contributed by atoms with Crippen LogP contribution in [0.4, 0.5) is 18.9 Å². The van der Waals surface area contributed by atoms with Gasteiger partial charge in [-0.3, -0.25) is 14.6 Å². The molecular weight excluding hydrogens is 433 g/mol. The summed E-state index contributed by atoms with van der Waals surface area (Å²) in [4.78, 5) is 32.3. The molecule has 8 heteroatoms. The molecule has 168 valence electrons. The number of carbonyl (C=O) groups excluding carboxylic acids is 2. The summed E-state index contributed by atoms with van der Waals surface area (Å²) in [6.45, 7) is 3.79. The van der Waals surface area contributed by atoms with Crippen LogP contribution in [-0.2, 0) is 15.0 Å². The van der Waals surface area contributed by atoms with Crippen LogP contribution < -0.4 is 9.64 Å². The van der Waals surface area contributed by atoms with Crippen molar-refractivity contribution in [1.29, 1.82) is 0 Å². The fraction of sp³-hybridized carbons (Fsp3) is 0.240. The number of benzene rings is 2. The Bertz CT molecular complexity index is 1210. The van der Waals surface area contributed by atoms with Crippen LogP contribution in [0.1, 0.15) is 22.3 Å². The predicted molar refractivity (Wildman–Crippen MR) is 114 cm³/mol. The highest BCUT2D eigenvalue weighted by atomic mass is 19.4. The minimum absolute atomic E-state index is 0.317. The summed E-state index contributed by atoms with van der Waals surface area (Å²) < 4.78 is 41.7. The van der Waals surface area contributed by atoms with Crippen LogP contribution in [-0.4, -0.2) is 23.2 Å². The van der Waals surface area contributed by atoms with Crippen LogP contribution >= 0.6 is 0 Å². The lowest BCUT2D eigenvalue weighted by molar-refractivity contribution is -0.274. The molecule has 33 heavy (non-hydrogen) atoms. The van der Waals surface area contributed by atoms with E-state index in [0.29, 0.717) is 11.3 Å². The van der Waals surface area contributed by atoms with Crippen LogP contribution in [0.3, 0.4) is 0 Å². The van der Waals surface area contributed by atoms with Gasteiger partial charge in [0.1, 0.15) is 5.75 Å². The minimum atomic E-state index is -4.81. The number of hydrogen-bond donors (Lipinski definition) is 0. The summed E-state index contributed by atoms with van der Waals surface area (Å²) >= 11 is 0. The molecule has 1 saturated carbocycles. The van der Waals surface area contributed by atoms with Gasteiger partial charge >= 0.3 is 6.36 Å². The van der Waals surface area contributed by atoms with Gasteiger partial charge < -0.3 is 4.74 Å². The van der Waals surface area contributed by atoms with Gasteiger partial charge in [0, 0.05) is 17.8 Å². The number of nitrogens with zero attached hydrogens (tertiary/aromatic N) is 2. The molecule has 2 fully saturated rings. The van der Waals surface area contributed by atoms with Crippen molar-refractivity contribution in [3.63, 3.8) is 0 Å². The van der Waals surface area contributed by atoms with Crippen LogP contribution in [0.15, 0.2) is 67.0 Å². The van der Waals surface area contributed by atoms with Gasteiger partial charge in [0.05, 0.1) is 17.5 Å². The van der Waals surface area contributed by atoms with E-state index < -0.39 is 23.6 Å². The lowest BCUT2D eigenvalue weighted by Gasteiger charge is -2.27. The minimum Gasteiger partial charge on any atom is -0.406 e. The Morgan fingerprint density at radius 2 is 1.36 bits per heavy atom. The molecule has 1 aliphatic carbocycles. The summed E-state index contributed by atoms with van der Waals surface area (Å²) in [7, 11) is 0. The second-order valence-corrected chi connectivity index (χ2v) is 8.49. The number of carbonyl (C=O) groups is 2. The van der Waals surface area contributed by atoms with Crippen molar-refractivity contribution < 1.29 is 27.5 Å². The summed E-state index contributed by atoms with van der Waals surface area (Å²) in [5.74, 6) is -2.30. The molecular formula is C25H19F3N2O3. The first-order chi connectivity index (χ1) is 15.6. The van der Waals surface area contributed by atoms with Gasteiger partial charge in [-0.25, -0.2) is 4.90 Å². The van der Waals surface area contributed by atoms with Gasteiger partial charge in [0.15, 0.2) is 0 Å². The number of rotatable bonds is 4. The molecule has 1 saturated heterocycles. The van der Waals surface area contributed by atoms with Gasteiger partial charge in [-0.05, 0) is 72.5 Å². The highest BCUT2D eigenvalue weighted by molar-refractivity contribution is 6.27. The number of halogens is 3. The van der Waals surface area contributed by atoms with E-state index in [1.54, 1.807) is 36.7 Å². The zero-order chi connectivity index (χ0) is 23.5. The van der Waals surface area contributed by atoms with E-state index in [1.807, 2.05) is 19.9 Å². The molecule has 1 unspecified atom stereocenters. The van der Waals surface area contributed by atoms with Crippen molar-refractivity contribution in [2.75, 3.05) is 4.90 Å². The molecule has 2 heterocycles. The molecule has 2 aromatic carbocycles. The number of alkyl halides is 3. The van der Waals surface area contributed by atoms with Crippen molar-refractivity contribution in [1.82, 2.24) is 4.98 Å². The van der Waals surface area contributed by atoms with Crippen molar-refractivity contribution in [2.45, 2.75) is 25.6 Å². The third-order valence-electron chi connectivity index (χ3n) is 6.37. The third kappa shape index (κ3) is 3.28. The zero-order valence-electron chi connectivity index (χ0n) is 17.8. The summed E-state index contributed by atoms with van der Waals surface area (Å²) in [5.41, 5.74) is 2.76. The van der Waals surface area contributed by atoms with E-state index in [2.05, 4.69) is 9.72 Å². The normalized spacial score (nSPS) is 24.1. The van der Waals surface area contributed by atoms with Crippen molar-refractivity contribution in [2.24, 2.45) is 11.8 Å². The first-order valence-electron chi connectivity index (χ1n) is 10.4. The first-order valence-corrected chi connectivity index (χ1v) is 10.4. The molecule has 1 aliphatic heterocycles. The van der Waals surface area contributed by atoms with E-state index in [9.17, 15) is 22.8 Å². The molecule has 2 aliphatic rings. The molecule has 5 nitrogen and oxygen atoms in total. The molecule has 3 aromatic rings. The van der Waals surface area contributed by atoms with Crippen molar-refractivity contribution in [3.8, 4) is 5.75 Å². The average molecular weight is 452 g/mol. The number of piperidine rings is 1. The molecule has 2 amide bonds. The molecule has 5 rings (SSSR count). The Balaban J connectivity index is 1.56. The number of fused-ring (bicyclic) bond motifs is 1. The highest BCUT2D eigenvalue weighted by Crippen LogP contribution is 2.68. The number of pyridine rings is 1. The van der Waals surface area contributed by atoms with Crippen LogP contribution in [0.25, 0.3) is 0 Å². The maximum absolute atomic E-state index is 13.5. The monoisotopic (exact) mass is 452 g/mol. The number of aromatic nitrogens is 1. The van der Waals surface area contributed by atoms with E-state index in [0.717, 1.165) is 16.7 Å². The van der Waals surface area contributed by atoms with Gasteiger partial charge in [-0.1, -0.05) is 18.2 Å². The molecule has 0 bridgehead atoms. The Labute approximate surface area is 187 Å². The number of ether oxygens (including phenoxy) is 1. The van der Waals surface area contributed by atoms with Gasteiger partial charge in [0.2, 0.25) is 11.8 Å². The first kappa shape index (κ1) is 21.2. The van der Waals surface area contributed by atoms with E-state index in [-0.39, 0.29) is 17.6 Å². The molecule has 0 N–H and O–H groups in total. The molecule has 1 aromatic heterocycles. The van der Waals surface area contributed by atoms with Crippen molar-refractivity contribution in [3.05, 3.63) is 89.2 Å². The van der Waals surface area contributed by atoms with Gasteiger partial charge in [0.25, 0.3) is 0 Å². The third-order valence-corrected chi connectivity index (χ3v) is 6.37. The maximum atomic E-state index is 13.5. The second-order valence-electron chi connectivity index (χ2n) is 8.49. The SMILES string of the molecule is Cc1cc(C)cc(N2C(=O)[C@@H]3[C@H](C2=O)C3(c2ccncc2)c2ccc(OC(F)(F)F)cc2)c1. The lowest BCUT2D eigenvalue weighted by Crippen LogP contribution is -2.39. The number of imide groups is 1. The van der Waals surface area contributed by atoms with E-state index >= 15 is 0 Å². The fourth-order valence-corrected chi connectivity index (χ4v) is 5.23. The molecule has 0 spiro atoms. The van der Waals surface area contributed by atoms with E-state index in [4.69, 9.17) is 0 Å². The standard InChI is InChI=1S/C25H19F3N2O3/c1-14-11-15(2)13-18(12-14)30-22(31)20-21(23(30)32)24(20,17-7-9-29-10-8-17)16-3-5-19(6-4-16)33-25(26,27)28/h3-13,20-21H,1-2H3/t20-,21+,24?. The number of anilines is 1. The number of hydrogen-bond acceptors (Lipinski definition) is 4. The highest BCUT2D eigenvalue weighted by Gasteiger charge is 2.78. The smallest absolute Gasteiger partial charge is 0.406 e. The Hall–Kier alpha value is -3.68. The average Bonchev–Trinajstić information content (AvgIpc) is 3.37. The Morgan fingerprint density at radius 1 is 0.848 bits per heavy atom. The Kier molecular flexibility index (Phi) is 4.60. The van der Waals surface area contributed by atoms with Gasteiger partial charge in [-0.15, -0.1) is 13.2 Å². The summed E-state index contributed by atoms with van der Waals surface area (Å²) in [6.07, 6.45) is -1.66. The lowest BCUT2D eigenvalue weighted by atomic mass is 9.83. The molecule has 3 atom stereocenters. The van der Waals surface area contributed by atoms with Crippen LogP contribution in [0, 0.1) is 25.7 Å². The molecule has 0 radical (unpaired) electrons. The quantitative estimate of drug-likeness (QED) is 0.539. The largest absolute Gasteiger partial charge is 0.573 e. The van der Waals surface area contributed by atoms with Gasteiger partial charge in [-0.2, -0.15) is 0 Å². The Morgan fingerprint density at radius 3 is 1.88 bits per heavy atom. The second kappa shape index (κ2) is 7.16. The number of aryl methyl sites for hydroxylation is 2. The predicted octanol–water partition coefficient (Wildman–Crippen LogP) is 4.70. The zero-order valence-corrected chi connectivity index (χ0v) is 17.8.